The Morgan fingerprint density at radius 3 is 2.48 bits per heavy atom. The van der Waals surface area contributed by atoms with Crippen molar-refractivity contribution in [3.8, 4) is 5.75 Å². The zero-order valence-electron chi connectivity index (χ0n) is 18.3. The van der Waals surface area contributed by atoms with Crippen LogP contribution in [-0.2, 0) is 16.1 Å². The van der Waals surface area contributed by atoms with Crippen molar-refractivity contribution in [2.45, 2.75) is 57.7 Å². The molecule has 3 rings (SSSR count). The number of nitrogens with zero attached hydrogens (tertiary/aromatic N) is 1. The van der Waals surface area contributed by atoms with Crippen molar-refractivity contribution >= 4 is 62.5 Å². The monoisotopic (exact) mass is 574 g/mol. The maximum atomic E-state index is 13.2. The van der Waals surface area contributed by atoms with E-state index in [4.69, 9.17) is 39.5 Å². The molecule has 1 N–H and O–H groups in total. The molecule has 0 heterocycles. The minimum atomic E-state index is -0.713. The van der Waals surface area contributed by atoms with Gasteiger partial charge in [0.15, 0.2) is 6.61 Å². The van der Waals surface area contributed by atoms with Crippen molar-refractivity contribution in [2.75, 3.05) is 6.61 Å². The standard InChI is InChI=1S/C24H26BrCl3N2O3/c1-15(24(32)29-19-5-3-2-4-6-19)30(13-16-7-9-18(26)12-20(16)27)23(31)14-33-22-10-8-17(25)11-21(22)28/h7-12,15,19H,2-6,13-14H2,1H3,(H,29,32). The molecule has 0 aliphatic heterocycles. The van der Waals surface area contributed by atoms with E-state index in [1.807, 2.05) is 0 Å². The van der Waals surface area contributed by atoms with E-state index < -0.39 is 6.04 Å². The quantitative estimate of drug-likeness (QED) is 0.383. The van der Waals surface area contributed by atoms with E-state index in [2.05, 4.69) is 21.2 Å². The Morgan fingerprint density at radius 1 is 1.09 bits per heavy atom. The van der Waals surface area contributed by atoms with Gasteiger partial charge < -0.3 is 15.0 Å². The second-order valence-corrected chi connectivity index (χ2v) is 10.3. The number of halogens is 4. The van der Waals surface area contributed by atoms with Crippen molar-refractivity contribution in [1.29, 1.82) is 0 Å². The number of rotatable bonds is 8. The Morgan fingerprint density at radius 2 is 1.82 bits per heavy atom. The Kier molecular flexibility index (Phi) is 9.74. The largest absolute Gasteiger partial charge is 0.482 e. The first-order valence-corrected chi connectivity index (χ1v) is 12.8. The predicted molar refractivity (Wildman–Crippen MR) is 136 cm³/mol. The molecule has 2 amide bonds. The van der Waals surface area contributed by atoms with Crippen LogP contribution in [0.1, 0.15) is 44.6 Å². The fourth-order valence-corrected chi connectivity index (χ4v) is 5.00. The number of nitrogens with one attached hydrogen (secondary N) is 1. The van der Waals surface area contributed by atoms with Crippen LogP contribution in [0.4, 0.5) is 0 Å². The highest BCUT2D eigenvalue weighted by Crippen LogP contribution is 2.28. The normalized spacial score (nSPS) is 15.1. The van der Waals surface area contributed by atoms with Gasteiger partial charge in [0, 0.05) is 27.1 Å². The number of hydrogen-bond acceptors (Lipinski definition) is 3. The molecular weight excluding hydrogens is 551 g/mol. The van der Waals surface area contributed by atoms with E-state index >= 15 is 0 Å². The van der Waals surface area contributed by atoms with Gasteiger partial charge in [-0.25, -0.2) is 0 Å². The fourth-order valence-electron chi connectivity index (χ4n) is 3.80. The van der Waals surface area contributed by atoms with Crippen molar-refractivity contribution in [2.24, 2.45) is 0 Å². The van der Waals surface area contributed by atoms with Gasteiger partial charge in [-0.1, -0.05) is 76.1 Å². The first-order chi connectivity index (χ1) is 15.7. The minimum Gasteiger partial charge on any atom is -0.482 e. The van der Waals surface area contributed by atoms with Gasteiger partial charge in [-0.3, -0.25) is 9.59 Å². The van der Waals surface area contributed by atoms with E-state index in [-0.39, 0.29) is 31.0 Å². The Bertz CT molecular complexity index is 999. The third-order valence-electron chi connectivity index (χ3n) is 5.72. The molecule has 1 aliphatic rings. The average Bonchev–Trinajstić information content (AvgIpc) is 2.78. The molecule has 2 aromatic carbocycles. The highest BCUT2D eigenvalue weighted by molar-refractivity contribution is 9.10. The maximum absolute atomic E-state index is 13.2. The third kappa shape index (κ3) is 7.51. The van der Waals surface area contributed by atoms with Crippen LogP contribution < -0.4 is 10.1 Å². The van der Waals surface area contributed by atoms with E-state index in [1.165, 1.54) is 11.3 Å². The average molecular weight is 577 g/mol. The molecule has 178 valence electrons. The van der Waals surface area contributed by atoms with Crippen molar-refractivity contribution in [3.63, 3.8) is 0 Å². The van der Waals surface area contributed by atoms with Gasteiger partial charge in [-0.2, -0.15) is 0 Å². The molecule has 2 aromatic rings. The molecule has 0 spiro atoms. The zero-order chi connectivity index (χ0) is 24.0. The molecule has 0 radical (unpaired) electrons. The van der Waals surface area contributed by atoms with Crippen LogP contribution in [0, 0.1) is 0 Å². The zero-order valence-corrected chi connectivity index (χ0v) is 22.1. The summed E-state index contributed by atoms with van der Waals surface area (Å²) in [7, 11) is 0. The van der Waals surface area contributed by atoms with Crippen LogP contribution in [-0.4, -0.2) is 35.4 Å². The second kappa shape index (κ2) is 12.3. The lowest BCUT2D eigenvalue weighted by Gasteiger charge is -2.31. The lowest BCUT2D eigenvalue weighted by atomic mass is 9.95. The van der Waals surface area contributed by atoms with Gasteiger partial charge in [-0.05, 0) is 55.7 Å². The molecule has 5 nitrogen and oxygen atoms in total. The number of carbonyl (C=O) groups excluding carboxylic acids is 2. The SMILES string of the molecule is CC(C(=O)NC1CCCCC1)N(Cc1ccc(Cl)cc1Cl)C(=O)COc1ccc(Br)cc1Cl. The lowest BCUT2D eigenvalue weighted by Crippen LogP contribution is -2.51. The van der Waals surface area contributed by atoms with Crippen LogP contribution in [0.25, 0.3) is 0 Å². The summed E-state index contributed by atoms with van der Waals surface area (Å²) in [6.07, 6.45) is 5.31. The molecule has 1 unspecified atom stereocenters. The molecule has 1 aliphatic carbocycles. The van der Waals surface area contributed by atoms with Crippen LogP contribution in [0.3, 0.4) is 0 Å². The number of benzene rings is 2. The van der Waals surface area contributed by atoms with Gasteiger partial charge >= 0.3 is 0 Å². The van der Waals surface area contributed by atoms with Gasteiger partial charge in [0.2, 0.25) is 5.91 Å². The first kappa shape index (κ1) is 26.1. The summed E-state index contributed by atoms with van der Waals surface area (Å²) in [4.78, 5) is 27.7. The minimum absolute atomic E-state index is 0.141. The van der Waals surface area contributed by atoms with Gasteiger partial charge in [0.25, 0.3) is 5.91 Å². The summed E-state index contributed by atoms with van der Waals surface area (Å²) in [5, 5.41) is 4.41. The molecule has 1 fully saturated rings. The first-order valence-electron chi connectivity index (χ1n) is 10.9. The molecular formula is C24H26BrCl3N2O3. The summed E-state index contributed by atoms with van der Waals surface area (Å²) in [6, 6.07) is 9.65. The molecule has 1 saturated carbocycles. The third-order valence-corrected chi connectivity index (χ3v) is 7.10. The summed E-state index contributed by atoms with van der Waals surface area (Å²) in [5.41, 5.74) is 0.688. The number of carbonyl (C=O) groups is 2. The summed E-state index contributed by atoms with van der Waals surface area (Å²) < 4.78 is 6.48. The second-order valence-electron chi connectivity index (χ2n) is 8.14. The van der Waals surface area contributed by atoms with E-state index in [9.17, 15) is 9.59 Å². The van der Waals surface area contributed by atoms with Crippen LogP contribution in [0.15, 0.2) is 40.9 Å². The highest BCUT2D eigenvalue weighted by Gasteiger charge is 2.29. The van der Waals surface area contributed by atoms with Crippen LogP contribution in [0.5, 0.6) is 5.75 Å². The van der Waals surface area contributed by atoms with Gasteiger partial charge in [0.1, 0.15) is 11.8 Å². The number of amides is 2. The summed E-state index contributed by atoms with van der Waals surface area (Å²) in [5.74, 6) is -0.162. The Balaban J connectivity index is 1.75. The maximum Gasteiger partial charge on any atom is 0.261 e. The molecule has 0 bridgehead atoms. The fraction of sp³-hybridized carbons (Fsp3) is 0.417. The van der Waals surface area contributed by atoms with Crippen molar-refractivity contribution < 1.29 is 14.3 Å². The molecule has 1 atom stereocenters. The summed E-state index contributed by atoms with van der Waals surface area (Å²) in [6.45, 7) is 1.59. The highest BCUT2D eigenvalue weighted by atomic mass is 79.9. The van der Waals surface area contributed by atoms with Crippen molar-refractivity contribution in [3.05, 3.63) is 61.5 Å². The molecule has 33 heavy (non-hydrogen) atoms. The number of hydrogen-bond donors (Lipinski definition) is 1. The van der Waals surface area contributed by atoms with E-state index in [0.29, 0.717) is 26.4 Å². The van der Waals surface area contributed by atoms with Crippen LogP contribution >= 0.6 is 50.7 Å². The topological polar surface area (TPSA) is 58.6 Å². The molecule has 0 saturated heterocycles. The van der Waals surface area contributed by atoms with E-state index in [1.54, 1.807) is 43.3 Å². The number of ether oxygens (including phenoxy) is 1. The Labute approximate surface area is 217 Å². The Hall–Kier alpha value is -1.47. The van der Waals surface area contributed by atoms with Gasteiger partial charge in [0.05, 0.1) is 5.02 Å². The lowest BCUT2D eigenvalue weighted by molar-refractivity contribution is -0.142. The summed E-state index contributed by atoms with van der Waals surface area (Å²) >= 11 is 21.9. The van der Waals surface area contributed by atoms with E-state index in [0.717, 1.165) is 30.2 Å². The predicted octanol–water partition coefficient (Wildman–Crippen LogP) is 6.65. The van der Waals surface area contributed by atoms with Crippen molar-refractivity contribution in [1.82, 2.24) is 10.2 Å². The smallest absolute Gasteiger partial charge is 0.261 e. The molecule has 0 aromatic heterocycles. The van der Waals surface area contributed by atoms with Gasteiger partial charge in [-0.15, -0.1) is 0 Å². The molecule has 9 heteroatoms. The van der Waals surface area contributed by atoms with Crippen LogP contribution in [0.2, 0.25) is 15.1 Å².